The highest BCUT2D eigenvalue weighted by atomic mass is 32.2. The van der Waals surface area contributed by atoms with Crippen LogP contribution in [0, 0.1) is 0 Å². The molecule has 0 amide bonds. The van der Waals surface area contributed by atoms with Crippen LogP contribution >= 0.6 is 0 Å². The Labute approximate surface area is 186 Å². The lowest BCUT2D eigenvalue weighted by molar-refractivity contribution is 0.418. The van der Waals surface area contributed by atoms with Crippen molar-refractivity contribution in [3.63, 3.8) is 0 Å². The number of sulfone groups is 1. The number of ether oxygens (including phenoxy) is 1. The van der Waals surface area contributed by atoms with E-state index in [2.05, 4.69) is 15.3 Å². The summed E-state index contributed by atoms with van der Waals surface area (Å²) in [4.78, 5) is 9.15. The van der Waals surface area contributed by atoms with E-state index in [1.165, 1.54) is 6.26 Å². The molecule has 4 rings (SSSR count). The predicted octanol–water partition coefficient (Wildman–Crippen LogP) is 3.28. The summed E-state index contributed by atoms with van der Waals surface area (Å²) < 4.78 is 34.1. The Balaban J connectivity index is 1.64. The number of nitrogens with two attached hydrogens (primary N) is 1. The van der Waals surface area contributed by atoms with Gasteiger partial charge in [0.15, 0.2) is 5.82 Å². The van der Waals surface area contributed by atoms with Crippen molar-refractivity contribution < 1.29 is 17.6 Å². The number of anilines is 1. The third kappa shape index (κ3) is 4.74. The lowest BCUT2D eigenvalue weighted by Gasteiger charge is -2.12. The molecular formula is C23H24N4O4S. The minimum atomic E-state index is -3.00. The molecule has 0 atom stereocenters. The number of nitrogens with zero attached hydrogens (tertiary/aromatic N) is 2. The van der Waals surface area contributed by atoms with Crippen molar-refractivity contribution in [1.29, 1.82) is 0 Å². The van der Waals surface area contributed by atoms with E-state index in [0.717, 1.165) is 11.1 Å². The van der Waals surface area contributed by atoms with Gasteiger partial charge in [-0.05, 0) is 24.3 Å². The van der Waals surface area contributed by atoms with E-state index in [1.54, 1.807) is 7.11 Å². The zero-order valence-electron chi connectivity index (χ0n) is 17.8. The van der Waals surface area contributed by atoms with Gasteiger partial charge in [0.1, 0.15) is 32.9 Å². The van der Waals surface area contributed by atoms with Crippen LogP contribution in [0.15, 0.2) is 59.0 Å². The SMILES string of the molecule is COc1c(-c2ccc(CNCCS(C)(=O)=O)o2)ccc2nc(-c3ccccc3)nc(N)c12. The van der Waals surface area contributed by atoms with Crippen molar-refractivity contribution in [3.05, 3.63) is 60.4 Å². The fourth-order valence-electron chi connectivity index (χ4n) is 3.43. The number of benzene rings is 2. The van der Waals surface area contributed by atoms with Gasteiger partial charge in [-0.15, -0.1) is 0 Å². The summed E-state index contributed by atoms with van der Waals surface area (Å²) in [5.74, 6) is 2.76. The molecule has 8 nitrogen and oxygen atoms in total. The van der Waals surface area contributed by atoms with Gasteiger partial charge >= 0.3 is 0 Å². The number of methoxy groups -OCH3 is 1. The van der Waals surface area contributed by atoms with Gasteiger partial charge in [0.2, 0.25) is 0 Å². The Bertz CT molecular complexity index is 1350. The maximum atomic E-state index is 11.2. The number of nitrogens with one attached hydrogen (secondary N) is 1. The van der Waals surface area contributed by atoms with Crippen molar-refractivity contribution in [1.82, 2.24) is 15.3 Å². The molecule has 3 N–H and O–H groups in total. The van der Waals surface area contributed by atoms with E-state index in [1.807, 2.05) is 54.6 Å². The number of rotatable bonds is 8. The standard InChI is InChI=1S/C23H24N4O4S/c1-30-21-17(19-11-8-16(31-19)14-25-12-13-32(2,28)29)9-10-18-20(21)22(24)27-23(26-18)15-6-4-3-5-7-15/h3-11,25H,12-14H2,1-2H3,(H2,24,26,27). The van der Waals surface area contributed by atoms with Crippen molar-refractivity contribution >= 4 is 26.6 Å². The zero-order chi connectivity index (χ0) is 22.7. The van der Waals surface area contributed by atoms with E-state index in [0.29, 0.717) is 52.9 Å². The van der Waals surface area contributed by atoms with Crippen molar-refractivity contribution in [2.24, 2.45) is 0 Å². The molecule has 2 heterocycles. The van der Waals surface area contributed by atoms with Crippen molar-refractivity contribution in [3.8, 4) is 28.5 Å². The second-order valence-corrected chi connectivity index (χ2v) is 9.67. The molecule has 0 spiro atoms. The summed E-state index contributed by atoms with van der Waals surface area (Å²) in [5, 5.41) is 3.69. The van der Waals surface area contributed by atoms with Crippen LogP contribution in [0.4, 0.5) is 5.82 Å². The molecule has 0 aliphatic carbocycles. The molecule has 4 aromatic rings. The van der Waals surface area contributed by atoms with E-state index >= 15 is 0 Å². The summed E-state index contributed by atoms with van der Waals surface area (Å²) in [6, 6.07) is 17.1. The lowest BCUT2D eigenvalue weighted by Crippen LogP contribution is -2.21. The van der Waals surface area contributed by atoms with Gasteiger partial charge in [-0.3, -0.25) is 0 Å². The molecule has 166 valence electrons. The van der Waals surface area contributed by atoms with Gasteiger partial charge in [0.25, 0.3) is 0 Å². The average Bonchev–Trinajstić information content (AvgIpc) is 3.24. The molecule has 0 saturated heterocycles. The lowest BCUT2D eigenvalue weighted by atomic mass is 10.1. The van der Waals surface area contributed by atoms with Gasteiger partial charge in [0, 0.05) is 18.4 Å². The van der Waals surface area contributed by atoms with Crippen LogP contribution in [0.3, 0.4) is 0 Å². The fraction of sp³-hybridized carbons (Fsp3) is 0.217. The Morgan fingerprint density at radius 2 is 1.84 bits per heavy atom. The smallest absolute Gasteiger partial charge is 0.162 e. The normalized spacial score (nSPS) is 11.7. The maximum absolute atomic E-state index is 11.2. The zero-order valence-corrected chi connectivity index (χ0v) is 18.6. The van der Waals surface area contributed by atoms with Gasteiger partial charge in [-0.1, -0.05) is 30.3 Å². The number of hydrogen-bond donors (Lipinski definition) is 2. The topological polar surface area (TPSA) is 120 Å². The van der Waals surface area contributed by atoms with Crippen LogP contribution in [0.5, 0.6) is 5.75 Å². The maximum Gasteiger partial charge on any atom is 0.162 e. The molecule has 0 aliphatic heterocycles. The second kappa shape index (κ2) is 8.97. The van der Waals surface area contributed by atoms with Crippen LogP contribution in [-0.4, -0.2) is 44.0 Å². The first-order chi connectivity index (χ1) is 15.4. The first kappa shape index (κ1) is 21.8. The van der Waals surface area contributed by atoms with Crippen LogP contribution in [0.1, 0.15) is 5.76 Å². The van der Waals surface area contributed by atoms with E-state index < -0.39 is 9.84 Å². The Kier molecular flexibility index (Phi) is 6.11. The summed E-state index contributed by atoms with van der Waals surface area (Å²) in [6.07, 6.45) is 1.21. The molecule has 0 fully saturated rings. The molecule has 0 radical (unpaired) electrons. The minimum absolute atomic E-state index is 0.0727. The second-order valence-electron chi connectivity index (χ2n) is 7.41. The average molecular weight is 453 g/mol. The fourth-order valence-corrected chi connectivity index (χ4v) is 3.95. The first-order valence-corrected chi connectivity index (χ1v) is 12.1. The third-order valence-electron chi connectivity index (χ3n) is 4.96. The number of nitrogen functional groups attached to an aromatic ring is 1. The van der Waals surface area contributed by atoms with E-state index in [4.69, 9.17) is 14.9 Å². The molecule has 0 saturated carbocycles. The number of furan rings is 1. The van der Waals surface area contributed by atoms with Crippen molar-refractivity contribution in [2.75, 3.05) is 31.4 Å². The molecule has 0 aliphatic rings. The van der Waals surface area contributed by atoms with Crippen LogP contribution in [0.25, 0.3) is 33.6 Å². The molecule has 2 aromatic carbocycles. The van der Waals surface area contributed by atoms with Crippen LogP contribution in [-0.2, 0) is 16.4 Å². The molecule has 0 bridgehead atoms. The van der Waals surface area contributed by atoms with Crippen LogP contribution in [0.2, 0.25) is 0 Å². The summed E-state index contributed by atoms with van der Waals surface area (Å²) in [5.41, 5.74) is 8.60. The molecular weight excluding hydrogens is 428 g/mol. The molecule has 32 heavy (non-hydrogen) atoms. The molecule has 2 aromatic heterocycles. The van der Waals surface area contributed by atoms with Gasteiger partial charge in [-0.25, -0.2) is 18.4 Å². The van der Waals surface area contributed by atoms with Gasteiger partial charge < -0.3 is 20.2 Å². The highest BCUT2D eigenvalue weighted by Crippen LogP contribution is 2.39. The Morgan fingerprint density at radius 3 is 2.56 bits per heavy atom. The highest BCUT2D eigenvalue weighted by Gasteiger charge is 2.18. The Morgan fingerprint density at radius 1 is 1.06 bits per heavy atom. The highest BCUT2D eigenvalue weighted by molar-refractivity contribution is 7.90. The van der Waals surface area contributed by atoms with Crippen molar-refractivity contribution in [2.45, 2.75) is 6.54 Å². The summed E-state index contributed by atoms with van der Waals surface area (Å²) >= 11 is 0. The molecule has 0 unspecified atom stereocenters. The largest absolute Gasteiger partial charge is 0.495 e. The summed E-state index contributed by atoms with van der Waals surface area (Å²) in [7, 11) is -1.44. The summed E-state index contributed by atoms with van der Waals surface area (Å²) in [6.45, 7) is 0.767. The van der Waals surface area contributed by atoms with Gasteiger partial charge in [-0.2, -0.15) is 0 Å². The quantitative estimate of drug-likeness (QED) is 0.391. The number of fused-ring (bicyclic) bond motifs is 1. The number of hydrogen-bond acceptors (Lipinski definition) is 8. The monoisotopic (exact) mass is 452 g/mol. The van der Waals surface area contributed by atoms with E-state index in [-0.39, 0.29) is 5.75 Å². The number of aromatic nitrogens is 2. The first-order valence-electron chi connectivity index (χ1n) is 10.0. The van der Waals surface area contributed by atoms with Gasteiger partial charge in [0.05, 0.1) is 35.9 Å². The predicted molar refractivity (Wildman–Crippen MR) is 125 cm³/mol. The van der Waals surface area contributed by atoms with E-state index in [9.17, 15) is 8.42 Å². The van der Waals surface area contributed by atoms with Crippen LogP contribution < -0.4 is 15.8 Å². The third-order valence-corrected chi connectivity index (χ3v) is 5.90. The molecule has 9 heteroatoms. The minimum Gasteiger partial charge on any atom is -0.495 e. The Hall–Kier alpha value is -3.43.